The molecule has 1 saturated heterocycles. The molecule has 0 aromatic carbocycles. The van der Waals surface area contributed by atoms with Crippen LogP contribution in [0.3, 0.4) is 0 Å². The lowest BCUT2D eigenvalue weighted by molar-refractivity contribution is -0.00741. The van der Waals surface area contributed by atoms with Crippen molar-refractivity contribution >= 4 is 0 Å². The largest absolute Gasteiger partial charge is 0.316 e. The molecular weight excluding hydrogens is 182 g/mol. The molecule has 1 N–H and O–H groups in total. The zero-order valence-electron chi connectivity index (χ0n) is 10.5. The molecule has 0 aromatic rings. The van der Waals surface area contributed by atoms with Gasteiger partial charge in [0.15, 0.2) is 0 Å². The van der Waals surface area contributed by atoms with Crippen molar-refractivity contribution in [1.29, 1.82) is 0 Å². The van der Waals surface area contributed by atoms with Gasteiger partial charge in [-0.3, -0.25) is 0 Å². The van der Waals surface area contributed by atoms with Crippen LogP contribution >= 0.6 is 0 Å². The van der Waals surface area contributed by atoms with E-state index in [1.165, 1.54) is 58.0 Å². The van der Waals surface area contributed by atoms with E-state index in [0.29, 0.717) is 0 Å². The maximum absolute atomic E-state index is 3.60. The van der Waals surface area contributed by atoms with Crippen LogP contribution in [-0.4, -0.2) is 13.1 Å². The molecule has 1 nitrogen and oxygen atoms in total. The topological polar surface area (TPSA) is 12.0 Å². The Kier molecular flexibility index (Phi) is 3.71. The molecule has 2 fully saturated rings. The van der Waals surface area contributed by atoms with Crippen molar-refractivity contribution in [2.24, 2.45) is 17.3 Å². The summed E-state index contributed by atoms with van der Waals surface area (Å²) in [7, 11) is 0. The van der Waals surface area contributed by atoms with Crippen molar-refractivity contribution in [1.82, 2.24) is 5.32 Å². The van der Waals surface area contributed by atoms with Gasteiger partial charge >= 0.3 is 0 Å². The van der Waals surface area contributed by atoms with Crippen molar-refractivity contribution in [3.8, 4) is 0 Å². The molecule has 1 aliphatic heterocycles. The molecule has 0 bridgehead atoms. The normalized spacial score (nSPS) is 42.0. The predicted molar refractivity (Wildman–Crippen MR) is 65.9 cm³/mol. The lowest BCUT2D eigenvalue weighted by atomic mass is 9.55. The van der Waals surface area contributed by atoms with Crippen LogP contribution in [0.5, 0.6) is 0 Å². The van der Waals surface area contributed by atoms with E-state index in [1.54, 1.807) is 0 Å². The second-order valence-corrected chi connectivity index (χ2v) is 5.64. The molecule has 1 heteroatoms. The van der Waals surface area contributed by atoms with Crippen molar-refractivity contribution in [2.45, 2.75) is 58.8 Å². The summed E-state index contributed by atoms with van der Waals surface area (Å²) < 4.78 is 0. The quantitative estimate of drug-likeness (QED) is 0.733. The summed E-state index contributed by atoms with van der Waals surface area (Å²) in [6.07, 6.45) is 10.2. The molecule has 3 unspecified atom stereocenters. The molecule has 2 rings (SSSR count). The number of hydrogen-bond acceptors (Lipinski definition) is 1. The Labute approximate surface area is 95.0 Å². The minimum absolute atomic E-state index is 0.729. The molecule has 1 heterocycles. The van der Waals surface area contributed by atoms with E-state index >= 15 is 0 Å². The molecule has 15 heavy (non-hydrogen) atoms. The van der Waals surface area contributed by atoms with Gasteiger partial charge in [0.2, 0.25) is 0 Å². The summed E-state index contributed by atoms with van der Waals surface area (Å²) in [5, 5.41) is 3.60. The van der Waals surface area contributed by atoms with Gasteiger partial charge in [0.25, 0.3) is 0 Å². The number of piperidine rings is 1. The van der Waals surface area contributed by atoms with Gasteiger partial charge < -0.3 is 5.32 Å². The van der Waals surface area contributed by atoms with Crippen LogP contribution in [-0.2, 0) is 0 Å². The highest BCUT2D eigenvalue weighted by molar-refractivity contribution is 4.97. The standard InChI is InChI=1S/C14H27N/c1-3-12-7-5-6-8-14(12)9-10-15-11-13(14)4-2/h12-13,15H,3-11H2,1-2H3. The molecule has 1 saturated carbocycles. The first-order chi connectivity index (χ1) is 7.33. The first-order valence-electron chi connectivity index (χ1n) is 7.04. The van der Waals surface area contributed by atoms with Gasteiger partial charge in [-0.1, -0.05) is 39.5 Å². The molecule has 2 aliphatic rings. The highest BCUT2D eigenvalue weighted by atomic mass is 14.9. The summed E-state index contributed by atoms with van der Waals surface area (Å²) >= 11 is 0. The van der Waals surface area contributed by atoms with Crippen molar-refractivity contribution < 1.29 is 0 Å². The van der Waals surface area contributed by atoms with Crippen LogP contribution < -0.4 is 5.32 Å². The summed E-state index contributed by atoms with van der Waals surface area (Å²) in [6.45, 7) is 7.35. The summed E-state index contributed by atoms with van der Waals surface area (Å²) in [6, 6.07) is 0. The maximum atomic E-state index is 3.60. The minimum Gasteiger partial charge on any atom is -0.316 e. The average molecular weight is 209 g/mol. The van der Waals surface area contributed by atoms with Crippen LogP contribution in [0, 0.1) is 17.3 Å². The molecule has 0 aromatic heterocycles. The van der Waals surface area contributed by atoms with Gasteiger partial charge in [-0.25, -0.2) is 0 Å². The van der Waals surface area contributed by atoms with E-state index < -0.39 is 0 Å². The number of hydrogen-bond donors (Lipinski definition) is 1. The van der Waals surface area contributed by atoms with Crippen LogP contribution in [0.25, 0.3) is 0 Å². The predicted octanol–water partition coefficient (Wildman–Crippen LogP) is 3.59. The fraction of sp³-hybridized carbons (Fsp3) is 1.00. The monoisotopic (exact) mass is 209 g/mol. The summed E-state index contributed by atoms with van der Waals surface area (Å²) in [5.74, 6) is 1.98. The molecule has 0 radical (unpaired) electrons. The Morgan fingerprint density at radius 2 is 1.87 bits per heavy atom. The minimum atomic E-state index is 0.729. The van der Waals surface area contributed by atoms with E-state index in [4.69, 9.17) is 0 Å². The maximum Gasteiger partial charge on any atom is -0.00152 e. The molecule has 3 atom stereocenters. The Morgan fingerprint density at radius 1 is 1.07 bits per heavy atom. The molecule has 0 amide bonds. The Bertz CT molecular complexity index is 178. The van der Waals surface area contributed by atoms with E-state index in [9.17, 15) is 0 Å². The number of rotatable bonds is 2. The molecule has 88 valence electrons. The van der Waals surface area contributed by atoms with Gasteiger partial charge in [-0.15, -0.1) is 0 Å². The van der Waals surface area contributed by atoms with Gasteiger partial charge in [-0.05, 0) is 49.6 Å². The van der Waals surface area contributed by atoms with Crippen molar-refractivity contribution in [3.05, 3.63) is 0 Å². The van der Waals surface area contributed by atoms with Crippen molar-refractivity contribution in [3.63, 3.8) is 0 Å². The number of nitrogens with one attached hydrogen (secondary N) is 1. The van der Waals surface area contributed by atoms with Gasteiger partial charge in [0, 0.05) is 0 Å². The van der Waals surface area contributed by atoms with Crippen LogP contribution in [0.1, 0.15) is 58.8 Å². The third-order valence-corrected chi connectivity index (χ3v) is 5.21. The lowest BCUT2D eigenvalue weighted by Gasteiger charge is -2.52. The molecule has 1 spiro atoms. The smallest absolute Gasteiger partial charge is 0.00152 e. The van der Waals surface area contributed by atoms with Crippen LogP contribution in [0.4, 0.5) is 0 Å². The fourth-order valence-electron chi connectivity index (χ4n) is 4.37. The second kappa shape index (κ2) is 4.86. The zero-order valence-corrected chi connectivity index (χ0v) is 10.5. The first kappa shape index (κ1) is 11.4. The Hall–Kier alpha value is -0.0400. The van der Waals surface area contributed by atoms with E-state index in [-0.39, 0.29) is 0 Å². The zero-order chi connectivity index (χ0) is 10.7. The van der Waals surface area contributed by atoms with Gasteiger partial charge in [-0.2, -0.15) is 0 Å². The Balaban J connectivity index is 2.17. The van der Waals surface area contributed by atoms with Crippen molar-refractivity contribution in [2.75, 3.05) is 13.1 Å². The Morgan fingerprint density at radius 3 is 2.60 bits per heavy atom. The third-order valence-electron chi connectivity index (χ3n) is 5.21. The van der Waals surface area contributed by atoms with Crippen LogP contribution in [0.15, 0.2) is 0 Å². The molecular formula is C14H27N. The highest BCUT2D eigenvalue weighted by Crippen LogP contribution is 2.52. The van der Waals surface area contributed by atoms with E-state index in [0.717, 1.165) is 17.3 Å². The van der Waals surface area contributed by atoms with Crippen LogP contribution in [0.2, 0.25) is 0 Å². The summed E-state index contributed by atoms with van der Waals surface area (Å²) in [5.41, 5.74) is 0.729. The third kappa shape index (κ3) is 1.95. The first-order valence-corrected chi connectivity index (χ1v) is 7.04. The SMILES string of the molecule is CCC1CCCCC12CCNCC2CC. The second-order valence-electron chi connectivity index (χ2n) is 5.64. The highest BCUT2D eigenvalue weighted by Gasteiger charge is 2.45. The van der Waals surface area contributed by atoms with E-state index in [2.05, 4.69) is 19.2 Å². The van der Waals surface area contributed by atoms with E-state index in [1.807, 2.05) is 0 Å². The van der Waals surface area contributed by atoms with Gasteiger partial charge in [0.1, 0.15) is 0 Å². The lowest BCUT2D eigenvalue weighted by Crippen LogP contribution is -2.50. The molecule has 1 aliphatic carbocycles. The summed E-state index contributed by atoms with van der Waals surface area (Å²) in [4.78, 5) is 0. The van der Waals surface area contributed by atoms with Gasteiger partial charge in [0.05, 0.1) is 0 Å². The average Bonchev–Trinajstić information content (AvgIpc) is 2.30. The fourth-order valence-corrected chi connectivity index (χ4v) is 4.37.